The van der Waals surface area contributed by atoms with Gasteiger partial charge < -0.3 is 10.2 Å². The van der Waals surface area contributed by atoms with Gasteiger partial charge in [0, 0.05) is 13.1 Å². The van der Waals surface area contributed by atoms with E-state index in [9.17, 15) is 22.4 Å². The summed E-state index contributed by atoms with van der Waals surface area (Å²) in [6.07, 6.45) is 3.05. The van der Waals surface area contributed by atoms with Crippen molar-refractivity contribution < 1.29 is 22.4 Å². The van der Waals surface area contributed by atoms with Gasteiger partial charge in [0.25, 0.3) is 0 Å². The van der Waals surface area contributed by atoms with E-state index >= 15 is 0 Å². The molecule has 34 heavy (non-hydrogen) atoms. The van der Waals surface area contributed by atoms with Crippen molar-refractivity contribution in [2.24, 2.45) is 0 Å². The van der Waals surface area contributed by atoms with Crippen molar-refractivity contribution in [3.8, 4) is 0 Å². The third-order valence-corrected chi connectivity index (χ3v) is 6.57. The van der Waals surface area contributed by atoms with E-state index in [1.807, 2.05) is 45.0 Å². The molecule has 0 saturated heterocycles. The molecule has 7 nitrogen and oxygen atoms in total. The number of sulfonamides is 1. The molecule has 2 aromatic carbocycles. The third kappa shape index (κ3) is 7.83. The van der Waals surface area contributed by atoms with E-state index in [-0.39, 0.29) is 18.1 Å². The van der Waals surface area contributed by atoms with E-state index in [4.69, 9.17) is 0 Å². The van der Waals surface area contributed by atoms with E-state index in [1.54, 1.807) is 0 Å². The molecule has 0 fully saturated rings. The minimum absolute atomic E-state index is 0.0480. The summed E-state index contributed by atoms with van der Waals surface area (Å²) in [6, 6.07) is 11.9. The molecule has 0 unspecified atom stereocenters. The summed E-state index contributed by atoms with van der Waals surface area (Å²) in [7, 11) is -3.89. The molecule has 0 saturated carbocycles. The van der Waals surface area contributed by atoms with Crippen molar-refractivity contribution in [3.63, 3.8) is 0 Å². The molecular formula is C25H34FN3O4S. The van der Waals surface area contributed by atoms with Crippen molar-refractivity contribution in [1.29, 1.82) is 0 Å². The molecule has 0 aliphatic carbocycles. The van der Waals surface area contributed by atoms with Crippen LogP contribution in [-0.2, 0) is 26.2 Å². The van der Waals surface area contributed by atoms with Crippen LogP contribution in [0.4, 0.5) is 10.1 Å². The summed E-state index contributed by atoms with van der Waals surface area (Å²) >= 11 is 0. The van der Waals surface area contributed by atoms with E-state index in [2.05, 4.69) is 5.32 Å². The fourth-order valence-electron chi connectivity index (χ4n) is 3.68. The van der Waals surface area contributed by atoms with Gasteiger partial charge in [-0.05, 0) is 43.5 Å². The highest BCUT2D eigenvalue weighted by Gasteiger charge is 2.31. The average molecular weight is 492 g/mol. The number of aryl methyl sites for hydroxylation is 1. The second-order valence-corrected chi connectivity index (χ2v) is 10.2. The van der Waals surface area contributed by atoms with Crippen LogP contribution in [-0.4, -0.2) is 50.5 Å². The first kappa shape index (κ1) is 27.3. The largest absolute Gasteiger partial charge is 0.354 e. The smallest absolute Gasteiger partial charge is 0.244 e. The number of amides is 2. The Labute approximate surface area is 202 Å². The Morgan fingerprint density at radius 2 is 1.79 bits per heavy atom. The van der Waals surface area contributed by atoms with Gasteiger partial charge in [-0.15, -0.1) is 0 Å². The van der Waals surface area contributed by atoms with E-state index in [0.29, 0.717) is 13.0 Å². The monoisotopic (exact) mass is 491 g/mol. The molecule has 0 aliphatic heterocycles. The van der Waals surface area contributed by atoms with Crippen LogP contribution in [0.3, 0.4) is 0 Å². The summed E-state index contributed by atoms with van der Waals surface area (Å²) in [5.41, 5.74) is 1.87. The van der Waals surface area contributed by atoms with Gasteiger partial charge in [0.1, 0.15) is 18.4 Å². The van der Waals surface area contributed by atoms with Gasteiger partial charge in [-0.25, -0.2) is 12.8 Å². The number of nitrogens with one attached hydrogen (secondary N) is 1. The van der Waals surface area contributed by atoms with E-state index < -0.39 is 34.3 Å². The number of nitrogens with zero attached hydrogens (tertiary/aromatic N) is 2. The standard InChI is InChI=1S/C25H34FN3O4S/c1-5-7-14-27-25(31)23(6-2)28(17-20-11-8-10-19(3)15-20)24(30)18-29(34(4,32)33)22-13-9-12-21(26)16-22/h8-13,15-16,23H,5-7,14,17-18H2,1-4H3,(H,27,31)/t23-/m0/s1. The second-order valence-electron chi connectivity index (χ2n) is 8.33. The number of halogens is 1. The maximum atomic E-state index is 13.8. The number of unbranched alkanes of at least 4 members (excludes halogenated alkanes) is 1. The topological polar surface area (TPSA) is 86.8 Å². The molecule has 2 aromatic rings. The molecule has 0 heterocycles. The highest BCUT2D eigenvalue weighted by Crippen LogP contribution is 2.20. The summed E-state index contributed by atoms with van der Waals surface area (Å²) in [6.45, 7) is 5.84. The third-order valence-electron chi connectivity index (χ3n) is 5.43. The Morgan fingerprint density at radius 3 is 2.38 bits per heavy atom. The minimum Gasteiger partial charge on any atom is -0.354 e. The summed E-state index contributed by atoms with van der Waals surface area (Å²) in [5, 5.41) is 2.88. The van der Waals surface area contributed by atoms with Crippen LogP contribution in [0.2, 0.25) is 0 Å². The SMILES string of the molecule is CCCCNC(=O)[C@H](CC)N(Cc1cccc(C)c1)C(=O)CN(c1cccc(F)c1)S(C)(=O)=O. The zero-order valence-electron chi connectivity index (χ0n) is 20.3. The molecule has 1 atom stereocenters. The van der Waals surface area contributed by atoms with Crippen LogP contribution in [0.1, 0.15) is 44.2 Å². The molecule has 186 valence electrons. The van der Waals surface area contributed by atoms with Gasteiger partial charge in [0.2, 0.25) is 21.8 Å². The van der Waals surface area contributed by atoms with Crippen molar-refractivity contribution in [2.45, 2.75) is 52.6 Å². The first-order chi connectivity index (χ1) is 16.1. The lowest BCUT2D eigenvalue weighted by molar-refractivity contribution is -0.140. The zero-order valence-corrected chi connectivity index (χ0v) is 21.1. The fourth-order valence-corrected chi connectivity index (χ4v) is 4.52. The molecule has 0 aliphatic rings. The Morgan fingerprint density at radius 1 is 1.09 bits per heavy atom. The molecule has 0 spiro atoms. The Hall–Kier alpha value is -2.94. The van der Waals surface area contributed by atoms with Gasteiger partial charge in [-0.2, -0.15) is 0 Å². The molecule has 2 rings (SSSR count). The lowest BCUT2D eigenvalue weighted by atomic mass is 10.1. The van der Waals surface area contributed by atoms with E-state index in [1.165, 1.54) is 23.1 Å². The summed E-state index contributed by atoms with van der Waals surface area (Å²) in [5.74, 6) is -1.45. The molecule has 0 aromatic heterocycles. The van der Waals surface area contributed by atoms with Gasteiger partial charge in [-0.3, -0.25) is 13.9 Å². The van der Waals surface area contributed by atoms with Crippen molar-refractivity contribution >= 4 is 27.5 Å². The van der Waals surface area contributed by atoms with Crippen LogP contribution >= 0.6 is 0 Å². The summed E-state index contributed by atoms with van der Waals surface area (Å²) in [4.78, 5) is 27.9. The van der Waals surface area contributed by atoms with Crippen LogP contribution in [0, 0.1) is 12.7 Å². The van der Waals surface area contributed by atoms with Gasteiger partial charge in [0.15, 0.2) is 0 Å². The molecule has 2 amide bonds. The quantitative estimate of drug-likeness (QED) is 0.460. The maximum absolute atomic E-state index is 13.8. The van der Waals surface area contributed by atoms with Gasteiger partial charge in [0.05, 0.1) is 11.9 Å². The molecular weight excluding hydrogens is 457 g/mol. The number of hydrogen-bond donors (Lipinski definition) is 1. The normalized spacial score (nSPS) is 12.1. The molecule has 1 N–H and O–H groups in total. The lowest BCUT2D eigenvalue weighted by Gasteiger charge is -2.33. The second kappa shape index (κ2) is 12.5. The van der Waals surface area contributed by atoms with Crippen LogP contribution in [0.15, 0.2) is 48.5 Å². The van der Waals surface area contributed by atoms with Crippen LogP contribution in [0.25, 0.3) is 0 Å². The van der Waals surface area contributed by atoms with Crippen molar-refractivity contribution in [3.05, 3.63) is 65.5 Å². The number of anilines is 1. The minimum atomic E-state index is -3.89. The van der Waals surface area contributed by atoms with Crippen LogP contribution < -0.4 is 9.62 Å². The van der Waals surface area contributed by atoms with Crippen LogP contribution in [0.5, 0.6) is 0 Å². The zero-order chi connectivity index (χ0) is 25.3. The Balaban J connectivity index is 2.40. The fraction of sp³-hybridized carbons (Fsp3) is 0.440. The van der Waals surface area contributed by atoms with E-state index in [0.717, 1.165) is 40.6 Å². The number of hydrogen-bond acceptors (Lipinski definition) is 4. The number of benzene rings is 2. The molecule has 0 bridgehead atoms. The molecule has 0 radical (unpaired) electrons. The van der Waals surface area contributed by atoms with Crippen molar-refractivity contribution in [1.82, 2.24) is 10.2 Å². The van der Waals surface area contributed by atoms with Gasteiger partial charge in [-0.1, -0.05) is 56.2 Å². The Kier molecular flexibility index (Phi) is 10.0. The first-order valence-corrected chi connectivity index (χ1v) is 13.3. The highest BCUT2D eigenvalue weighted by molar-refractivity contribution is 7.92. The highest BCUT2D eigenvalue weighted by atomic mass is 32.2. The number of carbonyl (C=O) groups is 2. The predicted octanol–water partition coefficient (Wildman–Crippen LogP) is 3.62. The maximum Gasteiger partial charge on any atom is 0.244 e. The first-order valence-electron chi connectivity index (χ1n) is 11.4. The van der Waals surface area contributed by atoms with Gasteiger partial charge >= 0.3 is 0 Å². The number of carbonyl (C=O) groups excluding carboxylic acids is 2. The predicted molar refractivity (Wildman–Crippen MR) is 132 cm³/mol. The van der Waals surface area contributed by atoms with Crippen molar-refractivity contribution in [2.75, 3.05) is 23.7 Å². The average Bonchev–Trinajstić information content (AvgIpc) is 2.76. The number of rotatable bonds is 12. The Bertz CT molecular complexity index is 1090. The lowest BCUT2D eigenvalue weighted by Crippen LogP contribution is -2.52. The molecule has 9 heteroatoms. The summed E-state index contributed by atoms with van der Waals surface area (Å²) < 4.78 is 39.7.